The first-order valence-electron chi connectivity index (χ1n) is 8.75. The van der Waals surface area contributed by atoms with Gasteiger partial charge in [-0.3, -0.25) is 4.79 Å². The minimum absolute atomic E-state index is 0.149. The van der Waals surface area contributed by atoms with Gasteiger partial charge < -0.3 is 9.64 Å². The van der Waals surface area contributed by atoms with Gasteiger partial charge in [0, 0.05) is 12.2 Å². The van der Waals surface area contributed by atoms with Gasteiger partial charge >= 0.3 is 5.97 Å². The van der Waals surface area contributed by atoms with Gasteiger partial charge in [0.2, 0.25) is 0 Å². The predicted octanol–water partition coefficient (Wildman–Crippen LogP) is 4.17. The quantitative estimate of drug-likeness (QED) is 0.615. The van der Waals surface area contributed by atoms with Crippen LogP contribution in [-0.2, 0) is 14.3 Å². The van der Waals surface area contributed by atoms with Gasteiger partial charge in [0.25, 0.3) is 5.91 Å². The van der Waals surface area contributed by atoms with Crippen LogP contribution in [0, 0.1) is 5.92 Å². The first-order chi connectivity index (χ1) is 12.4. The third kappa shape index (κ3) is 3.15. The first-order valence-corrected chi connectivity index (χ1v) is 8.75. The van der Waals surface area contributed by atoms with Crippen molar-refractivity contribution in [3.8, 4) is 0 Å². The lowest BCUT2D eigenvalue weighted by Crippen LogP contribution is -2.28. The average Bonchev–Trinajstić information content (AvgIpc) is 2.85. The molecule has 2 aromatic rings. The third-order valence-corrected chi connectivity index (χ3v) is 4.57. The van der Waals surface area contributed by atoms with Crippen LogP contribution in [0.2, 0.25) is 0 Å². The van der Waals surface area contributed by atoms with Crippen molar-refractivity contribution < 1.29 is 14.3 Å². The summed E-state index contributed by atoms with van der Waals surface area (Å²) in [5.41, 5.74) is 2.31. The number of amides is 1. The molecule has 0 atom stereocenters. The van der Waals surface area contributed by atoms with Gasteiger partial charge in [0.05, 0.1) is 18.3 Å². The number of carbonyl (C=O) groups is 2. The van der Waals surface area contributed by atoms with Crippen molar-refractivity contribution in [3.63, 3.8) is 0 Å². The van der Waals surface area contributed by atoms with Gasteiger partial charge in [-0.25, -0.2) is 4.79 Å². The van der Waals surface area contributed by atoms with Gasteiger partial charge in [0.15, 0.2) is 0 Å². The van der Waals surface area contributed by atoms with Crippen molar-refractivity contribution >= 4 is 28.7 Å². The van der Waals surface area contributed by atoms with Gasteiger partial charge in [0.1, 0.15) is 0 Å². The molecule has 4 heteroatoms. The highest BCUT2D eigenvalue weighted by molar-refractivity contribution is 6.17. The number of allylic oxidation sites excluding steroid dienone is 1. The maximum Gasteiger partial charge on any atom is 0.340 e. The Kier molecular flexibility index (Phi) is 4.94. The summed E-state index contributed by atoms with van der Waals surface area (Å²) < 4.78 is 4.95. The van der Waals surface area contributed by atoms with Crippen molar-refractivity contribution in [1.29, 1.82) is 0 Å². The molecule has 26 heavy (non-hydrogen) atoms. The Balaban J connectivity index is 2.16. The van der Waals surface area contributed by atoms with E-state index in [1.165, 1.54) is 7.11 Å². The fourth-order valence-corrected chi connectivity index (χ4v) is 3.34. The smallest absolute Gasteiger partial charge is 0.340 e. The summed E-state index contributed by atoms with van der Waals surface area (Å²) in [5.74, 6) is -0.331. The van der Waals surface area contributed by atoms with E-state index < -0.39 is 5.97 Å². The zero-order chi connectivity index (χ0) is 18.8. The van der Waals surface area contributed by atoms with E-state index in [1.54, 1.807) is 17.9 Å². The van der Waals surface area contributed by atoms with Crippen molar-refractivity contribution in [2.45, 2.75) is 20.8 Å². The normalized spacial score (nSPS) is 16.3. The Morgan fingerprint density at radius 1 is 1.15 bits per heavy atom. The minimum atomic E-state index is -0.478. The maximum absolute atomic E-state index is 13.0. The number of fused-ring (bicyclic) bond motifs is 1. The zero-order valence-electron chi connectivity index (χ0n) is 15.6. The highest BCUT2D eigenvalue weighted by Gasteiger charge is 2.37. The highest BCUT2D eigenvalue weighted by atomic mass is 16.5. The molecule has 1 amide bonds. The molecule has 4 nitrogen and oxygen atoms in total. The lowest BCUT2D eigenvalue weighted by atomic mass is 9.99. The predicted molar refractivity (Wildman–Crippen MR) is 103 cm³/mol. The van der Waals surface area contributed by atoms with E-state index in [4.69, 9.17) is 4.74 Å². The van der Waals surface area contributed by atoms with Crippen molar-refractivity contribution in [2.75, 3.05) is 13.7 Å². The summed E-state index contributed by atoms with van der Waals surface area (Å²) >= 11 is 0. The molecule has 2 aromatic carbocycles. The fourth-order valence-electron chi connectivity index (χ4n) is 3.34. The van der Waals surface area contributed by atoms with Crippen LogP contribution in [0.25, 0.3) is 16.8 Å². The Morgan fingerprint density at radius 3 is 2.54 bits per heavy atom. The summed E-state index contributed by atoms with van der Waals surface area (Å²) in [7, 11) is 1.34. The molecule has 0 bridgehead atoms. The summed E-state index contributed by atoms with van der Waals surface area (Å²) in [4.78, 5) is 27.1. The number of methoxy groups -OCH3 is 1. The lowest BCUT2D eigenvalue weighted by molar-refractivity contribution is -0.136. The Morgan fingerprint density at radius 2 is 1.85 bits per heavy atom. The molecule has 0 saturated heterocycles. The number of benzene rings is 2. The van der Waals surface area contributed by atoms with Crippen molar-refractivity contribution in [3.05, 3.63) is 64.9 Å². The van der Waals surface area contributed by atoms with Crippen molar-refractivity contribution in [1.82, 2.24) is 4.90 Å². The van der Waals surface area contributed by atoms with Crippen LogP contribution in [0.3, 0.4) is 0 Å². The molecule has 0 aliphatic carbocycles. The summed E-state index contributed by atoms with van der Waals surface area (Å²) in [6.45, 7) is 6.46. The topological polar surface area (TPSA) is 46.6 Å². The highest BCUT2D eigenvalue weighted by Crippen LogP contribution is 2.33. The fraction of sp³-hybridized carbons (Fsp3) is 0.273. The second-order valence-corrected chi connectivity index (χ2v) is 6.89. The second kappa shape index (κ2) is 7.16. The Labute approximate surface area is 153 Å². The number of rotatable bonds is 4. The molecule has 0 saturated carbocycles. The number of ether oxygens (including phenoxy) is 1. The summed E-state index contributed by atoms with van der Waals surface area (Å²) in [6, 6.07) is 13.9. The molecule has 134 valence electrons. The molecule has 0 N–H and O–H groups in total. The van der Waals surface area contributed by atoms with Gasteiger partial charge in [-0.15, -0.1) is 0 Å². The van der Waals surface area contributed by atoms with E-state index in [9.17, 15) is 9.59 Å². The van der Waals surface area contributed by atoms with E-state index in [1.807, 2.05) is 56.3 Å². The van der Waals surface area contributed by atoms with E-state index in [-0.39, 0.29) is 5.91 Å². The third-order valence-electron chi connectivity index (χ3n) is 4.57. The lowest BCUT2D eigenvalue weighted by Gasteiger charge is -2.19. The number of esters is 1. The van der Waals surface area contributed by atoms with Crippen LogP contribution >= 0.6 is 0 Å². The van der Waals surface area contributed by atoms with Crippen molar-refractivity contribution in [2.24, 2.45) is 5.92 Å². The second-order valence-electron chi connectivity index (χ2n) is 6.89. The number of carbonyl (C=O) groups excluding carboxylic acids is 2. The van der Waals surface area contributed by atoms with E-state index in [0.717, 1.165) is 16.3 Å². The Hall–Kier alpha value is -2.88. The summed E-state index contributed by atoms with van der Waals surface area (Å²) in [6.07, 6.45) is 1.81. The largest absolute Gasteiger partial charge is 0.465 e. The molecular weight excluding hydrogens is 326 g/mol. The first kappa shape index (κ1) is 17.9. The van der Waals surface area contributed by atoms with E-state index in [2.05, 4.69) is 0 Å². The molecule has 1 aliphatic rings. The molecule has 0 unspecified atom stereocenters. The molecule has 0 fully saturated rings. The monoisotopic (exact) mass is 349 g/mol. The van der Waals surface area contributed by atoms with Crippen LogP contribution in [0.15, 0.2) is 59.3 Å². The molecule has 1 aliphatic heterocycles. The van der Waals surface area contributed by atoms with Gasteiger partial charge in [-0.1, -0.05) is 56.3 Å². The minimum Gasteiger partial charge on any atom is -0.465 e. The standard InChI is InChI=1S/C22H23NO3/c1-14(2)13-23-15(3)20(22(25)26-4)19(21(23)24)12-17-10-7-9-16-8-5-6-11-18(16)17/h5-12,14H,13H2,1-4H3/b19-12-. The summed E-state index contributed by atoms with van der Waals surface area (Å²) in [5, 5.41) is 2.13. The van der Waals surface area contributed by atoms with E-state index >= 15 is 0 Å². The molecule has 1 heterocycles. The number of hydrogen-bond acceptors (Lipinski definition) is 3. The van der Waals surface area contributed by atoms with Crippen LogP contribution < -0.4 is 0 Å². The Bertz CT molecular complexity index is 932. The van der Waals surface area contributed by atoms with Crippen LogP contribution in [-0.4, -0.2) is 30.4 Å². The number of hydrogen-bond donors (Lipinski definition) is 0. The van der Waals surface area contributed by atoms with E-state index in [0.29, 0.717) is 29.3 Å². The van der Waals surface area contributed by atoms with Gasteiger partial charge in [-0.2, -0.15) is 0 Å². The zero-order valence-corrected chi connectivity index (χ0v) is 15.6. The maximum atomic E-state index is 13.0. The molecule has 0 spiro atoms. The van der Waals surface area contributed by atoms with Crippen LogP contribution in [0.4, 0.5) is 0 Å². The average molecular weight is 349 g/mol. The number of nitrogens with zero attached hydrogens (tertiary/aromatic N) is 1. The molecule has 3 rings (SSSR count). The molecule has 0 radical (unpaired) electrons. The van der Waals surface area contributed by atoms with Crippen LogP contribution in [0.1, 0.15) is 26.3 Å². The van der Waals surface area contributed by atoms with Crippen LogP contribution in [0.5, 0.6) is 0 Å². The molecule has 0 aromatic heterocycles. The molecular formula is C22H23NO3. The van der Waals surface area contributed by atoms with Gasteiger partial charge in [-0.05, 0) is 35.3 Å². The SMILES string of the molecule is COC(=O)C1=C(C)N(CC(C)C)C(=O)/C1=C\c1cccc2ccccc12.